The van der Waals surface area contributed by atoms with Crippen molar-refractivity contribution in [2.45, 2.75) is 12.5 Å². The Balaban J connectivity index is 2.26. The molecule has 0 amide bonds. The van der Waals surface area contributed by atoms with E-state index in [1.165, 1.54) is 0 Å². The van der Waals surface area contributed by atoms with Crippen LogP contribution in [0.5, 0.6) is 0 Å². The third-order valence-electron chi connectivity index (χ3n) is 2.63. The molecule has 0 saturated carbocycles. The largest absolute Gasteiger partial charge is 0.388 e. The number of aromatic nitrogens is 2. The summed E-state index contributed by atoms with van der Waals surface area (Å²) < 4.78 is 1.86. The first-order valence-corrected chi connectivity index (χ1v) is 5.93. The third kappa shape index (κ3) is 2.63. The van der Waals surface area contributed by atoms with Gasteiger partial charge in [0.25, 0.3) is 0 Å². The van der Waals surface area contributed by atoms with E-state index in [0.29, 0.717) is 22.0 Å². The van der Waals surface area contributed by atoms with Crippen molar-refractivity contribution in [2.24, 2.45) is 7.05 Å². The van der Waals surface area contributed by atoms with Crippen molar-refractivity contribution in [1.82, 2.24) is 9.55 Å². The maximum Gasteiger partial charge on any atom is 0.111 e. The Morgan fingerprint density at radius 2 is 2.00 bits per heavy atom. The average Bonchev–Trinajstić information content (AvgIpc) is 2.64. The molecule has 1 unspecified atom stereocenters. The Morgan fingerprint density at radius 1 is 1.35 bits per heavy atom. The van der Waals surface area contributed by atoms with E-state index in [1.54, 1.807) is 24.4 Å². The summed E-state index contributed by atoms with van der Waals surface area (Å²) in [6.45, 7) is 0. The zero-order valence-corrected chi connectivity index (χ0v) is 10.8. The van der Waals surface area contributed by atoms with E-state index < -0.39 is 6.10 Å². The molecular weight excluding hydrogens is 259 g/mol. The Hall–Kier alpha value is -1.03. The summed E-state index contributed by atoms with van der Waals surface area (Å²) in [6.07, 6.45) is 3.15. The lowest BCUT2D eigenvalue weighted by Crippen LogP contribution is -2.07. The van der Waals surface area contributed by atoms with Gasteiger partial charge in [0, 0.05) is 41.5 Å². The summed E-state index contributed by atoms with van der Waals surface area (Å²) in [4.78, 5) is 4.16. The highest BCUT2D eigenvalue weighted by Crippen LogP contribution is 2.31. The molecule has 0 aliphatic heterocycles. The summed E-state index contributed by atoms with van der Waals surface area (Å²) in [7, 11) is 1.88. The van der Waals surface area contributed by atoms with E-state index in [0.717, 1.165) is 5.82 Å². The van der Waals surface area contributed by atoms with Gasteiger partial charge in [-0.05, 0) is 12.1 Å². The Morgan fingerprint density at radius 3 is 2.53 bits per heavy atom. The van der Waals surface area contributed by atoms with Crippen molar-refractivity contribution in [3.63, 3.8) is 0 Å². The molecule has 0 radical (unpaired) electrons. The fourth-order valence-electron chi connectivity index (χ4n) is 1.70. The molecule has 0 spiro atoms. The topological polar surface area (TPSA) is 38.0 Å². The van der Waals surface area contributed by atoms with E-state index in [-0.39, 0.29) is 0 Å². The zero-order valence-electron chi connectivity index (χ0n) is 9.27. The minimum absolute atomic E-state index is 0.382. The summed E-state index contributed by atoms with van der Waals surface area (Å²) in [5.74, 6) is 0.786. The second-order valence-corrected chi connectivity index (χ2v) is 4.62. The lowest BCUT2D eigenvalue weighted by molar-refractivity contribution is 0.175. The number of benzene rings is 1. The van der Waals surface area contributed by atoms with Crippen LogP contribution < -0.4 is 0 Å². The second-order valence-electron chi connectivity index (χ2n) is 3.81. The number of halogens is 2. The number of hydrogen-bond donors (Lipinski definition) is 1. The Kier molecular flexibility index (Phi) is 3.72. The molecule has 1 heterocycles. The van der Waals surface area contributed by atoms with E-state index in [9.17, 15) is 5.11 Å². The number of hydrogen-bond acceptors (Lipinski definition) is 2. The Labute approximate surface area is 110 Å². The highest BCUT2D eigenvalue weighted by atomic mass is 35.5. The van der Waals surface area contributed by atoms with Crippen LogP contribution in [0.1, 0.15) is 17.5 Å². The molecule has 17 heavy (non-hydrogen) atoms. The van der Waals surface area contributed by atoms with Crippen LogP contribution in [0.4, 0.5) is 0 Å². The van der Waals surface area contributed by atoms with E-state index in [2.05, 4.69) is 4.98 Å². The molecule has 1 atom stereocenters. The molecule has 1 aromatic carbocycles. The van der Waals surface area contributed by atoms with Crippen molar-refractivity contribution >= 4 is 23.2 Å². The van der Waals surface area contributed by atoms with Gasteiger partial charge >= 0.3 is 0 Å². The van der Waals surface area contributed by atoms with Crippen LogP contribution >= 0.6 is 23.2 Å². The molecule has 0 aliphatic rings. The van der Waals surface area contributed by atoms with E-state index in [1.807, 2.05) is 17.8 Å². The van der Waals surface area contributed by atoms with Gasteiger partial charge in [0.15, 0.2) is 0 Å². The smallest absolute Gasteiger partial charge is 0.111 e. The van der Waals surface area contributed by atoms with Crippen molar-refractivity contribution in [3.8, 4) is 0 Å². The lowest BCUT2D eigenvalue weighted by atomic mass is 10.1. The van der Waals surface area contributed by atoms with Gasteiger partial charge in [-0.2, -0.15) is 0 Å². The third-order valence-corrected chi connectivity index (χ3v) is 3.29. The summed E-state index contributed by atoms with van der Waals surface area (Å²) >= 11 is 12.1. The van der Waals surface area contributed by atoms with E-state index >= 15 is 0 Å². The molecule has 0 bridgehead atoms. The van der Waals surface area contributed by atoms with Gasteiger partial charge in [-0.15, -0.1) is 0 Å². The quantitative estimate of drug-likeness (QED) is 0.931. The normalized spacial score (nSPS) is 12.7. The number of aryl methyl sites for hydroxylation is 1. The monoisotopic (exact) mass is 270 g/mol. The van der Waals surface area contributed by atoms with Crippen molar-refractivity contribution in [1.29, 1.82) is 0 Å². The summed E-state index contributed by atoms with van der Waals surface area (Å²) in [5, 5.41) is 11.1. The number of imidazole rings is 1. The first kappa shape index (κ1) is 12.4. The van der Waals surface area contributed by atoms with Gasteiger partial charge in [0.2, 0.25) is 0 Å². The molecule has 90 valence electrons. The molecule has 5 heteroatoms. The van der Waals surface area contributed by atoms with Crippen molar-refractivity contribution < 1.29 is 5.11 Å². The molecule has 1 aromatic heterocycles. The SMILES string of the molecule is Cn1ccnc1CC(O)c1c(Cl)cccc1Cl. The fourth-order valence-corrected chi connectivity index (χ4v) is 2.35. The van der Waals surface area contributed by atoms with Gasteiger partial charge in [0.05, 0.1) is 6.10 Å². The average molecular weight is 271 g/mol. The maximum absolute atomic E-state index is 10.2. The van der Waals surface area contributed by atoms with Crippen molar-refractivity contribution in [2.75, 3.05) is 0 Å². The first-order valence-electron chi connectivity index (χ1n) is 5.17. The molecule has 0 fully saturated rings. The highest BCUT2D eigenvalue weighted by molar-refractivity contribution is 6.36. The number of rotatable bonds is 3. The molecule has 2 aromatic rings. The van der Waals surface area contributed by atoms with Crippen LogP contribution in [0.25, 0.3) is 0 Å². The minimum atomic E-state index is -0.753. The van der Waals surface area contributed by atoms with E-state index in [4.69, 9.17) is 23.2 Å². The molecule has 3 nitrogen and oxygen atoms in total. The van der Waals surface area contributed by atoms with Crippen LogP contribution in [0.15, 0.2) is 30.6 Å². The molecular formula is C12H12Cl2N2O. The van der Waals surface area contributed by atoms with Gasteiger partial charge in [-0.3, -0.25) is 0 Å². The predicted octanol–water partition coefficient (Wildman–Crippen LogP) is 3.00. The minimum Gasteiger partial charge on any atom is -0.388 e. The van der Waals surface area contributed by atoms with Crippen LogP contribution in [0.3, 0.4) is 0 Å². The molecule has 0 saturated heterocycles. The van der Waals surface area contributed by atoms with Gasteiger partial charge in [-0.1, -0.05) is 29.3 Å². The van der Waals surface area contributed by atoms with Crippen molar-refractivity contribution in [3.05, 3.63) is 52.0 Å². The van der Waals surface area contributed by atoms with Crippen LogP contribution in [0, 0.1) is 0 Å². The first-order chi connectivity index (χ1) is 8.09. The summed E-state index contributed by atoms with van der Waals surface area (Å²) in [5.41, 5.74) is 0.554. The highest BCUT2D eigenvalue weighted by Gasteiger charge is 2.17. The van der Waals surface area contributed by atoms with Gasteiger partial charge in [-0.25, -0.2) is 4.98 Å². The van der Waals surface area contributed by atoms with Crippen LogP contribution in [-0.4, -0.2) is 14.7 Å². The number of aliphatic hydroxyl groups excluding tert-OH is 1. The lowest BCUT2D eigenvalue weighted by Gasteiger charge is -2.14. The second kappa shape index (κ2) is 5.08. The molecule has 2 rings (SSSR count). The maximum atomic E-state index is 10.2. The Bertz CT molecular complexity index is 505. The standard InChI is InChI=1S/C12H12Cl2N2O/c1-16-6-5-15-11(16)7-10(17)12-8(13)3-2-4-9(12)14/h2-6,10,17H,7H2,1H3. The predicted molar refractivity (Wildman–Crippen MR) is 68.3 cm³/mol. The number of aliphatic hydroxyl groups is 1. The summed E-state index contributed by atoms with van der Waals surface area (Å²) in [6, 6.07) is 5.18. The van der Waals surface area contributed by atoms with Gasteiger partial charge < -0.3 is 9.67 Å². The van der Waals surface area contributed by atoms with Crippen LogP contribution in [-0.2, 0) is 13.5 Å². The zero-order chi connectivity index (χ0) is 12.4. The van der Waals surface area contributed by atoms with Crippen LogP contribution in [0.2, 0.25) is 10.0 Å². The fraction of sp³-hybridized carbons (Fsp3) is 0.250. The number of nitrogens with zero attached hydrogens (tertiary/aromatic N) is 2. The van der Waals surface area contributed by atoms with Gasteiger partial charge in [0.1, 0.15) is 5.82 Å². The molecule has 0 aliphatic carbocycles. The molecule has 1 N–H and O–H groups in total.